The molecule has 0 aliphatic rings. The Kier molecular flexibility index (Phi) is 7.19. The Balaban J connectivity index is 1.53. The number of thioether (sulfide) groups is 1. The second-order valence-corrected chi connectivity index (χ2v) is 8.70. The molecule has 8 nitrogen and oxygen atoms in total. The van der Waals surface area contributed by atoms with Gasteiger partial charge in [0, 0.05) is 18.5 Å². The average molecular weight is 464 g/mol. The van der Waals surface area contributed by atoms with Gasteiger partial charge in [-0.05, 0) is 37.5 Å². The highest BCUT2D eigenvalue weighted by Crippen LogP contribution is 2.25. The molecule has 4 rings (SSSR count). The highest BCUT2D eigenvalue weighted by Gasteiger charge is 2.15. The summed E-state index contributed by atoms with van der Waals surface area (Å²) in [5, 5.41) is 5.29. The van der Waals surface area contributed by atoms with Crippen LogP contribution in [0.15, 0.2) is 63.0 Å². The summed E-state index contributed by atoms with van der Waals surface area (Å²) in [4.78, 5) is 33.3. The summed E-state index contributed by atoms with van der Waals surface area (Å²) in [6.07, 6.45) is 2.61. The summed E-state index contributed by atoms with van der Waals surface area (Å²) < 4.78 is 7.14. The van der Waals surface area contributed by atoms with Crippen molar-refractivity contribution in [2.75, 3.05) is 0 Å². The average Bonchev–Trinajstić information content (AvgIpc) is 3.28. The molecule has 0 spiro atoms. The topological polar surface area (TPSA) is 117 Å². The molecule has 4 aromatic rings. The fraction of sp³-hybridized carbons (Fsp3) is 0.292. The number of amides is 1. The van der Waals surface area contributed by atoms with Crippen LogP contribution in [0, 0.1) is 6.92 Å². The Hall–Kier alpha value is -3.46. The first-order valence-corrected chi connectivity index (χ1v) is 11.8. The SMILES string of the molecule is Cc1ccccc1-c1noc(CSc2nc3ccccc3c(=O)n2CCCCCC(N)=O)n1. The maximum absolute atomic E-state index is 13.1. The van der Waals surface area contributed by atoms with Crippen LogP contribution in [0.4, 0.5) is 0 Å². The van der Waals surface area contributed by atoms with Gasteiger partial charge in [0.2, 0.25) is 17.6 Å². The van der Waals surface area contributed by atoms with Crippen molar-refractivity contribution in [3.63, 3.8) is 0 Å². The quantitative estimate of drug-likeness (QED) is 0.214. The minimum Gasteiger partial charge on any atom is -0.370 e. The summed E-state index contributed by atoms with van der Waals surface area (Å²) in [7, 11) is 0. The molecule has 0 radical (unpaired) electrons. The van der Waals surface area contributed by atoms with Crippen LogP contribution in [0.1, 0.15) is 37.1 Å². The van der Waals surface area contributed by atoms with E-state index in [1.165, 1.54) is 11.8 Å². The molecule has 0 fully saturated rings. The van der Waals surface area contributed by atoms with E-state index in [4.69, 9.17) is 15.2 Å². The Labute approximate surface area is 195 Å². The van der Waals surface area contributed by atoms with E-state index in [0.717, 1.165) is 24.0 Å². The van der Waals surface area contributed by atoms with Crippen LogP contribution in [0.2, 0.25) is 0 Å². The number of aromatic nitrogens is 4. The van der Waals surface area contributed by atoms with Gasteiger partial charge in [0.15, 0.2) is 5.16 Å². The van der Waals surface area contributed by atoms with Crippen LogP contribution < -0.4 is 11.3 Å². The number of rotatable bonds is 10. The van der Waals surface area contributed by atoms with Crippen molar-refractivity contribution in [3.8, 4) is 11.4 Å². The zero-order chi connectivity index (χ0) is 23.2. The summed E-state index contributed by atoms with van der Waals surface area (Å²) in [5.41, 5.74) is 7.78. The number of hydrogen-bond donors (Lipinski definition) is 1. The first-order valence-electron chi connectivity index (χ1n) is 10.8. The lowest BCUT2D eigenvalue weighted by atomic mass is 10.1. The van der Waals surface area contributed by atoms with Gasteiger partial charge in [0.05, 0.1) is 16.7 Å². The number of carbonyl (C=O) groups is 1. The largest absolute Gasteiger partial charge is 0.370 e. The smallest absolute Gasteiger partial charge is 0.262 e. The van der Waals surface area contributed by atoms with Gasteiger partial charge in [0.25, 0.3) is 5.56 Å². The normalized spacial score (nSPS) is 11.2. The fourth-order valence-corrected chi connectivity index (χ4v) is 4.44. The van der Waals surface area contributed by atoms with E-state index in [9.17, 15) is 9.59 Å². The second kappa shape index (κ2) is 10.4. The number of nitrogens with two attached hydrogens (primary N) is 1. The standard InChI is InChI=1S/C24H25N5O3S/c1-16-9-4-5-10-17(16)22-27-21(32-28-22)15-33-24-26-19-12-7-6-11-18(19)23(31)29(24)14-8-2-3-13-20(25)30/h4-7,9-12H,2-3,8,13-15H2,1H3,(H2,25,30). The van der Waals surface area contributed by atoms with Crippen LogP contribution in [-0.4, -0.2) is 25.6 Å². The van der Waals surface area contributed by atoms with E-state index in [0.29, 0.717) is 52.9 Å². The van der Waals surface area contributed by atoms with Crippen LogP contribution in [0.5, 0.6) is 0 Å². The molecule has 2 N–H and O–H groups in total. The van der Waals surface area contributed by atoms with Crippen molar-refractivity contribution in [1.82, 2.24) is 19.7 Å². The summed E-state index contributed by atoms with van der Waals surface area (Å²) in [5.74, 6) is 1.10. The maximum Gasteiger partial charge on any atom is 0.262 e. The van der Waals surface area contributed by atoms with Gasteiger partial charge < -0.3 is 10.3 Å². The van der Waals surface area contributed by atoms with Crippen LogP contribution in [0.3, 0.4) is 0 Å². The highest BCUT2D eigenvalue weighted by atomic mass is 32.2. The molecule has 2 aromatic heterocycles. The third-order valence-electron chi connectivity index (χ3n) is 5.31. The summed E-state index contributed by atoms with van der Waals surface area (Å²) in [6, 6.07) is 15.2. The summed E-state index contributed by atoms with van der Waals surface area (Å²) in [6.45, 7) is 2.51. The zero-order valence-corrected chi connectivity index (χ0v) is 19.2. The third-order valence-corrected chi connectivity index (χ3v) is 6.27. The van der Waals surface area contributed by atoms with Crippen molar-refractivity contribution in [3.05, 3.63) is 70.3 Å². The molecule has 9 heteroatoms. The monoisotopic (exact) mass is 463 g/mol. The highest BCUT2D eigenvalue weighted by molar-refractivity contribution is 7.98. The lowest BCUT2D eigenvalue weighted by molar-refractivity contribution is -0.118. The van der Waals surface area contributed by atoms with Crippen molar-refractivity contribution in [1.29, 1.82) is 0 Å². The Morgan fingerprint density at radius 1 is 1.06 bits per heavy atom. The van der Waals surface area contributed by atoms with E-state index < -0.39 is 0 Å². The number of primary amides is 1. The molecule has 0 unspecified atom stereocenters. The van der Waals surface area contributed by atoms with Gasteiger partial charge in [-0.2, -0.15) is 4.98 Å². The maximum atomic E-state index is 13.1. The predicted octanol–water partition coefficient (Wildman–Crippen LogP) is 4.09. The van der Waals surface area contributed by atoms with Crippen LogP contribution >= 0.6 is 11.8 Å². The van der Waals surface area contributed by atoms with E-state index >= 15 is 0 Å². The van der Waals surface area contributed by atoms with Gasteiger partial charge in [-0.15, -0.1) is 0 Å². The number of fused-ring (bicyclic) bond motifs is 1. The van der Waals surface area contributed by atoms with E-state index in [2.05, 4.69) is 10.1 Å². The van der Waals surface area contributed by atoms with Gasteiger partial charge in [-0.3, -0.25) is 14.2 Å². The van der Waals surface area contributed by atoms with Crippen LogP contribution in [-0.2, 0) is 17.1 Å². The first-order chi connectivity index (χ1) is 16.0. The molecule has 0 aliphatic heterocycles. The molecule has 170 valence electrons. The predicted molar refractivity (Wildman–Crippen MR) is 128 cm³/mol. The van der Waals surface area contributed by atoms with Crippen molar-refractivity contribution >= 4 is 28.6 Å². The van der Waals surface area contributed by atoms with Crippen LogP contribution in [0.25, 0.3) is 22.3 Å². The molecule has 0 saturated heterocycles. The molecule has 0 bridgehead atoms. The van der Waals surface area contributed by atoms with Gasteiger partial charge >= 0.3 is 0 Å². The van der Waals surface area contributed by atoms with Gasteiger partial charge in [0.1, 0.15) is 0 Å². The Morgan fingerprint density at radius 2 is 1.85 bits per heavy atom. The number of unbranched alkanes of at least 4 members (excludes halogenated alkanes) is 2. The van der Waals surface area contributed by atoms with E-state index in [1.54, 1.807) is 10.6 Å². The first kappa shape index (κ1) is 22.7. The number of nitrogens with zero attached hydrogens (tertiary/aromatic N) is 4. The van der Waals surface area contributed by atoms with Gasteiger partial charge in [-0.1, -0.05) is 59.7 Å². The number of aryl methyl sites for hydroxylation is 1. The number of benzene rings is 2. The molecule has 0 aliphatic carbocycles. The molecular weight excluding hydrogens is 438 g/mol. The Morgan fingerprint density at radius 3 is 2.67 bits per heavy atom. The zero-order valence-electron chi connectivity index (χ0n) is 18.4. The molecule has 1 amide bonds. The minimum atomic E-state index is -0.305. The molecule has 2 aromatic carbocycles. The summed E-state index contributed by atoms with van der Waals surface area (Å²) >= 11 is 1.39. The molecule has 2 heterocycles. The number of para-hydroxylation sites is 1. The number of carbonyl (C=O) groups excluding carboxylic acids is 1. The van der Waals surface area contributed by atoms with Crippen molar-refractivity contribution in [2.24, 2.45) is 5.73 Å². The second-order valence-electron chi connectivity index (χ2n) is 7.76. The molecule has 0 atom stereocenters. The minimum absolute atomic E-state index is 0.0795. The number of hydrogen-bond acceptors (Lipinski definition) is 7. The van der Waals surface area contributed by atoms with Crippen molar-refractivity contribution < 1.29 is 9.32 Å². The molecule has 0 saturated carbocycles. The molecule has 33 heavy (non-hydrogen) atoms. The lowest BCUT2D eigenvalue weighted by Crippen LogP contribution is -2.23. The third kappa shape index (κ3) is 5.48. The van der Waals surface area contributed by atoms with Gasteiger partial charge in [-0.25, -0.2) is 4.98 Å². The Bertz CT molecular complexity index is 1330. The van der Waals surface area contributed by atoms with E-state index in [-0.39, 0.29) is 11.5 Å². The lowest BCUT2D eigenvalue weighted by Gasteiger charge is -2.12. The fourth-order valence-electron chi connectivity index (χ4n) is 3.57. The molecular formula is C24H25N5O3S. The van der Waals surface area contributed by atoms with E-state index in [1.807, 2.05) is 49.4 Å². The van der Waals surface area contributed by atoms with Crippen molar-refractivity contribution in [2.45, 2.75) is 50.1 Å².